The minimum atomic E-state index is -3.28. The van der Waals surface area contributed by atoms with Crippen molar-refractivity contribution < 1.29 is 23.0 Å². The van der Waals surface area contributed by atoms with E-state index in [1.54, 1.807) is 26.0 Å². The molecule has 11 heteroatoms. The summed E-state index contributed by atoms with van der Waals surface area (Å²) in [5, 5.41) is 16.9. The summed E-state index contributed by atoms with van der Waals surface area (Å²) in [5.41, 5.74) is -0.569. The van der Waals surface area contributed by atoms with Crippen LogP contribution in [-0.2, 0) is 11.5 Å². The molecule has 0 amide bonds. The zero-order valence-corrected chi connectivity index (χ0v) is 18.5. The number of aliphatic hydroxyl groups is 1. The van der Waals surface area contributed by atoms with Crippen molar-refractivity contribution in [2.24, 2.45) is 0 Å². The number of hydrogen-bond donors (Lipinski definition) is 2. The largest absolute Gasteiger partial charge is 0.439 e. The summed E-state index contributed by atoms with van der Waals surface area (Å²) < 4.78 is 48.8. The molecule has 34 heavy (non-hydrogen) atoms. The second-order valence-electron chi connectivity index (χ2n) is 8.07. The van der Waals surface area contributed by atoms with Crippen LogP contribution in [0.2, 0.25) is 0 Å². The lowest BCUT2D eigenvalue weighted by molar-refractivity contribution is 0.0123. The SMILES string of the molecule is CC(C)(O)c1ccc(Nc2cc(Oc3cc(C(C)(F)F)nn3-c3ncccc3F)ccn2)cn1. The molecule has 4 rings (SSSR count). The van der Waals surface area contributed by atoms with Gasteiger partial charge in [0, 0.05) is 31.5 Å². The van der Waals surface area contributed by atoms with Gasteiger partial charge in [-0.1, -0.05) is 0 Å². The molecule has 0 bridgehead atoms. The highest BCUT2D eigenvalue weighted by Crippen LogP contribution is 2.33. The first kappa shape index (κ1) is 23.2. The Hall–Kier alpha value is -3.99. The third kappa shape index (κ3) is 5.15. The zero-order valence-electron chi connectivity index (χ0n) is 18.5. The number of rotatable bonds is 7. The smallest absolute Gasteiger partial charge is 0.288 e. The number of aromatic nitrogens is 5. The first-order chi connectivity index (χ1) is 16.0. The number of alkyl halides is 2. The number of pyridine rings is 3. The van der Waals surface area contributed by atoms with E-state index < -0.39 is 23.0 Å². The Morgan fingerprint density at radius 1 is 0.971 bits per heavy atom. The highest BCUT2D eigenvalue weighted by Gasteiger charge is 2.31. The summed E-state index contributed by atoms with van der Waals surface area (Å²) in [5.74, 6) is -3.84. The molecule has 2 N–H and O–H groups in total. The fourth-order valence-electron chi connectivity index (χ4n) is 2.98. The molecule has 0 aromatic carbocycles. The summed E-state index contributed by atoms with van der Waals surface area (Å²) in [4.78, 5) is 12.3. The Balaban J connectivity index is 1.62. The maximum Gasteiger partial charge on any atom is 0.288 e. The van der Waals surface area contributed by atoms with E-state index in [1.807, 2.05) is 0 Å². The molecule has 4 aromatic rings. The first-order valence-electron chi connectivity index (χ1n) is 10.2. The van der Waals surface area contributed by atoms with E-state index in [9.17, 15) is 18.3 Å². The summed E-state index contributed by atoms with van der Waals surface area (Å²) in [6.45, 7) is 3.95. The number of nitrogens with one attached hydrogen (secondary N) is 1. The fraction of sp³-hybridized carbons (Fsp3) is 0.217. The predicted molar refractivity (Wildman–Crippen MR) is 118 cm³/mol. The van der Waals surface area contributed by atoms with E-state index in [2.05, 4.69) is 25.4 Å². The molecule has 4 heterocycles. The maximum atomic E-state index is 14.3. The summed E-state index contributed by atoms with van der Waals surface area (Å²) >= 11 is 0. The van der Waals surface area contributed by atoms with Crippen LogP contribution in [0.1, 0.15) is 32.2 Å². The lowest BCUT2D eigenvalue weighted by atomic mass is 10.1. The van der Waals surface area contributed by atoms with E-state index in [-0.39, 0.29) is 17.4 Å². The monoisotopic (exact) mass is 470 g/mol. The van der Waals surface area contributed by atoms with Crippen LogP contribution >= 0.6 is 0 Å². The van der Waals surface area contributed by atoms with Crippen LogP contribution in [0, 0.1) is 5.82 Å². The quantitative estimate of drug-likeness (QED) is 0.389. The maximum absolute atomic E-state index is 14.3. The van der Waals surface area contributed by atoms with E-state index in [4.69, 9.17) is 4.74 Å². The van der Waals surface area contributed by atoms with Gasteiger partial charge in [0.25, 0.3) is 5.92 Å². The van der Waals surface area contributed by atoms with Crippen molar-refractivity contribution in [1.29, 1.82) is 0 Å². The van der Waals surface area contributed by atoms with Gasteiger partial charge >= 0.3 is 0 Å². The Morgan fingerprint density at radius 2 is 1.76 bits per heavy atom. The summed E-state index contributed by atoms with van der Waals surface area (Å²) in [6, 6.07) is 9.99. The van der Waals surface area contributed by atoms with Crippen molar-refractivity contribution in [1.82, 2.24) is 24.7 Å². The molecule has 0 atom stereocenters. The molecule has 0 fully saturated rings. The van der Waals surface area contributed by atoms with Crippen LogP contribution in [0.3, 0.4) is 0 Å². The Labute approximate surface area is 193 Å². The highest BCUT2D eigenvalue weighted by molar-refractivity contribution is 5.56. The van der Waals surface area contributed by atoms with Gasteiger partial charge in [-0.2, -0.15) is 18.6 Å². The van der Waals surface area contributed by atoms with Crippen molar-refractivity contribution in [3.05, 3.63) is 78.3 Å². The van der Waals surface area contributed by atoms with Crippen LogP contribution in [0.15, 0.2) is 61.1 Å². The Morgan fingerprint density at radius 3 is 2.41 bits per heavy atom. The Bertz CT molecular complexity index is 1300. The van der Waals surface area contributed by atoms with Crippen LogP contribution in [0.5, 0.6) is 11.6 Å². The van der Waals surface area contributed by atoms with E-state index >= 15 is 0 Å². The van der Waals surface area contributed by atoms with Crippen LogP contribution in [0.25, 0.3) is 5.82 Å². The number of ether oxygens (including phenoxy) is 1. The van der Waals surface area contributed by atoms with E-state index in [0.29, 0.717) is 24.1 Å². The molecule has 0 saturated carbocycles. The van der Waals surface area contributed by atoms with E-state index in [1.165, 1.54) is 36.8 Å². The number of anilines is 2. The summed E-state index contributed by atoms with van der Waals surface area (Å²) in [6.07, 6.45) is 4.31. The van der Waals surface area contributed by atoms with Crippen molar-refractivity contribution >= 4 is 11.5 Å². The van der Waals surface area contributed by atoms with Gasteiger partial charge in [-0.05, 0) is 44.2 Å². The molecule has 0 spiro atoms. The average Bonchev–Trinajstić information content (AvgIpc) is 3.18. The second kappa shape index (κ2) is 8.75. The van der Waals surface area contributed by atoms with Crippen LogP contribution < -0.4 is 10.1 Å². The Kier molecular flexibility index (Phi) is 5.96. The van der Waals surface area contributed by atoms with E-state index in [0.717, 1.165) is 16.8 Å². The van der Waals surface area contributed by atoms with Crippen LogP contribution in [-0.4, -0.2) is 29.8 Å². The molecule has 0 saturated heterocycles. The van der Waals surface area contributed by atoms with Crippen molar-refractivity contribution in [2.45, 2.75) is 32.3 Å². The molecule has 0 aliphatic carbocycles. The second-order valence-corrected chi connectivity index (χ2v) is 8.07. The first-order valence-corrected chi connectivity index (χ1v) is 10.2. The topological polar surface area (TPSA) is 98.0 Å². The lowest BCUT2D eigenvalue weighted by Crippen LogP contribution is -2.17. The van der Waals surface area contributed by atoms with Gasteiger partial charge < -0.3 is 15.2 Å². The van der Waals surface area contributed by atoms with Gasteiger partial charge in [-0.3, -0.25) is 4.98 Å². The highest BCUT2D eigenvalue weighted by atomic mass is 19.3. The van der Waals surface area contributed by atoms with Crippen molar-refractivity contribution in [2.75, 3.05) is 5.32 Å². The van der Waals surface area contributed by atoms with Crippen molar-refractivity contribution in [3.63, 3.8) is 0 Å². The van der Waals surface area contributed by atoms with Gasteiger partial charge in [-0.15, -0.1) is 0 Å². The molecule has 8 nitrogen and oxygen atoms in total. The zero-order chi connectivity index (χ0) is 24.5. The number of halogens is 3. The molecular formula is C23H21F3N6O2. The minimum absolute atomic E-state index is 0.150. The third-order valence-corrected chi connectivity index (χ3v) is 4.68. The van der Waals surface area contributed by atoms with Gasteiger partial charge in [0.1, 0.15) is 22.9 Å². The number of hydrogen-bond acceptors (Lipinski definition) is 7. The number of nitrogens with zero attached hydrogens (tertiary/aromatic N) is 5. The van der Waals surface area contributed by atoms with Crippen molar-refractivity contribution in [3.8, 4) is 17.4 Å². The summed E-state index contributed by atoms with van der Waals surface area (Å²) in [7, 11) is 0. The lowest BCUT2D eigenvalue weighted by Gasteiger charge is -2.16. The fourth-order valence-corrected chi connectivity index (χ4v) is 2.98. The normalized spacial score (nSPS) is 12.0. The van der Waals surface area contributed by atoms with Gasteiger partial charge in [0.2, 0.25) is 5.88 Å². The molecule has 0 unspecified atom stereocenters. The predicted octanol–water partition coefficient (Wildman–Crippen LogP) is 5.07. The average molecular weight is 470 g/mol. The molecule has 0 aliphatic rings. The molecule has 176 valence electrons. The van der Waals surface area contributed by atoms with Gasteiger partial charge in [-0.25, -0.2) is 14.4 Å². The minimum Gasteiger partial charge on any atom is -0.439 e. The van der Waals surface area contributed by atoms with Crippen LogP contribution in [0.4, 0.5) is 24.7 Å². The van der Waals surface area contributed by atoms with Gasteiger partial charge in [0.15, 0.2) is 11.6 Å². The molecule has 0 radical (unpaired) electrons. The third-order valence-electron chi connectivity index (χ3n) is 4.68. The van der Waals surface area contributed by atoms with Gasteiger partial charge in [0.05, 0.1) is 17.6 Å². The standard InChI is InChI=1S/C23H21F3N6O2/c1-22(2,33)17-7-6-14(13-29-17)30-19-11-15(8-10-27-19)34-20-12-18(23(3,25)26)31-32(20)21-16(24)5-4-9-28-21/h4-13,33H,1-3H3,(H,27,30). The molecule has 0 aliphatic heterocycles. The molecule has 4 aromatic heterocycles. The molecular weight excluding hydrogens is 449 g/mol.